The van der Waals surface area contributed by atoms with Gasteiger partial charge in [-0.15, -0.1) is 18.3 Å². The van der Waals surface area contributed by atoms with Gasteiger partial charge in [-0.1, -0.05) is 6.08 Å². The van der Waals surface area contributed by atoms with Crippen molar-refractivity contribution >= 4 is 11.8 Å². The molecule has 0 amide bonds. The van der Waals surface area contributed by atoms with Crippen LogP contribution in [-0.4, -0.2) is 10.5 Å². The van der Waals surface area contributed by atoms with E-state index in [0.29, 0.717) is 4.75 Å². The van der Waals surface area contributed by atoms with Crippen LogP contribution < -0.4 is 0 Å². The molecule has 1 heterocycles. The molecule has 0 bridgehead atoms. The molecule has 0 N–H and O–H groups in total. The molecule has 1 saturated heterocycles. The second-order valence-corrected chi connectivity index (χ2v) is 3.32. The molecule has 1 heteroatoms. The lowest BCUT2D eigenvalue weighted by atomic mass is 10.2. The zero-order valence-corrected chi connectivity index (χ0v) is 4.72. The third kappa shape index (κ3) is 0.597. The molecular formula is C5H8S. The average Bonchev–Trinajstić information content (AvgIpc) is 2.22. The molecule has 1 unspecified atom stereocenters. The Morgan fingerprint density at radius 1 is 2.00 bits per heavy atom. The van der Waals surface area contributed by atoms with Crippen LogP contribution in [0.1, 0.15) is 6.92 Å². The maximum absolute atomic E-state index is 3.67. The van der Waals surface area contributed by atoms with Crippen molar-refractivity contribution in [2.45, 2.75) is 11.7 Å². The van der Waals surface area contributed by atoms with Gasteiger partial charge >= 0.3 is 0 Å². The first kappa shape index (κ1) is 4.25. The van der Waals surface area contributed by atoms with Gasteiger partial charge in [0.05, 0.1) is 0 Å². The van der Waals surface area contributed by atoms with Gasteiger partial charge in [-0.05, 0) is 6.92 Å². The summed E-state index contributed by atoms with van der Waals surface area (Å²) in [5, 5.41) is 0. The van der Waals surface area contributed by atoms with Gasteiger partial charge in [0.1, 0.15) is 0 Å². The topological polar surface area (TPSA) is 0 Å². The average molecular weight is 100 g/mol. The van der Waals surface area contributed by atoms with Crippen molar-refractivity contribution in [2.24, 2.45) is 0 Å². The van der Waals surface area contributed by atoms with E-state index in [2.05, 4.69) is 13.5 Å². The number of thioether (sulfide) groups is 1. The lowest BCUT2D eigenvalue weighted by molar-refractivity contribution is 1.02. The van der Waals surface area contributed by atoms with E-state index in [9.17, 15) is 0 Å². The normalized spacial score (nSPS) is 42.2. The number of hydrogen-bond acceptors (Lipinski definition) is 1. The Labute approximate surface area is 42.6 Å². The molecule has 34 valence electrons. The molecule has 0 spiro atoms. The molecule has 6 heavy (non-hydrogen) atoms. The van der Waals surface area contributed by atoms with E-state index in [1.807, 2.05) is 17.8 Å². The molecule has 0 nitrogen and oxygen atoms in total. The van der Waals surface area contributed by atoms with Gasteiger partial charge in [0.25, 0.3) is 0 Å². The largest absolute Gasteiger partial charge is 0.149 e. The fourth-order valence-corrected chi connectivity index (χ4v) is 0.695. The van der Waals surface area contributed by atoms with Crippen molar-refractivity contribution in [1.29, 1.82) is 0 Å². The Kier molecular flexibility index (Phi) is 0.731. The molecule has 0 aromatic carbocycles. The quantitative estimate of drug-likeness (QED) is 0.357. The first-order chi connectivity index (χ1) is 2.77. The van der Waals surface area contributed by atoms with Crippen LogP contribution >= 0.6 is 11.8 Å². The molecule has 1 atom stereocenters. The van der Waals surface area contributed by atoms with Crippen LogP contribution in [0, 0.1) is 0 Å². The summed E-state index contributed by atoms with van der Waals surface area (Å²) in [5.74, 6) is 1.27. The lowest BCUT2D eigenvalue weighted by Gasteiger charge is -1.88. The second-order valence-electron chi connectivity index (χ2n) is 1.81. The van der Waals surface area contributed by atoms with Gasteiger partial charge in [-0.2, -0.15) is 0 Å². The number of rotatable bonds is 1. The summed E-state index contributed by atoms with van der Waals surface area (Å²) < 4.78 is 0.472. The summed E-state index contributed by atoms with van der Waals surface area (Å²) in [4.78, 5) is 0. The lowest BCUT2D eigenvalue weighted by Crippen LogP contribution is -1.91. The van der Waals surface area contributed by atoms with Gasteiger partial charge in [0, 0.05) is 10.5 Å². The van der Waals surface area contributed by atoms with Crippen molar-refractivity contribution < 1.29 is 0 Å². The summed E-state index contributed by atoms with van der Waals surface area (Å²) in [6, 6.07) is 0. The van der Waals surface area contributed by atoms with Crippen LogP contribution in [0.5, 0.6) is 0 Å². The maximum Gasteiger partial charge on any atom is 0.0399 e. The smallest absolute Gasteiger partial charge is 0.0399 e. The fraction of sp³-hybridized carbons (Fsp3) is 0.600. The summed E-state index contributed by atoms with van der Waals surface area (Å²) >= 11 is 1.95. The monoisotopic (exact) mass is 100 g/mol. The zero-order chi connectivity index (χ0) is 4.62. The molecule has 0 radical (unpaired) electrons. The van der Waals surface area contributed by atoms with Gasteiger partial charge < -0.3 is 0 Å². The summed E-state index contributed by atoms with van der Waals surface area (Å²) in [5.41, 5.74) is 0. The minimum absolute atomic E-state index is 0.472. The van der Waals surface area contributed by atoms with E-state index in [-0.39, 0.29) is 0 Å². The minimum atomic E-state index is 0.472. The molecule has 0 aromatic rings. The van der Waals surface area contributed by atoms with Crippen molar-refractivity contribution in [1.82, 2.24) is 0 Å². The highest BCUT2D eigenvalue weighted by atomic mass is 32.2. The molecule has 0 aromatic heterocycles. The predicted molar refractivity (Wildman–Crippen MR) is 31.1 cm³/mol. The molecule has 1 fully saturated rings. The first-order valence-electron chi connectivity index (χ1n) is 2.04. The van der Waals surface area contributed by atoms with E-state index in [1.165, 1.54) is 5.75 Å². The Hall–Kier alpha value is 0.0900. The molecule has 1 aliphatic rings. The van der Waals surface area contributed by atoms with E-state index >= 15 is 0 Å². The highest BCUT2D eigenvalue weighted by molar-refractivity contribution is 8.08. The standard InChI is InChI=1S/C5H8S/c1-3-5(2)4-6-5/h3H,1,4H2,2H3. The van der Waals surface area contributed by atoms with Crippen LogP contribution in [0.3, 0.4) is 0 Å². The molecular weight excluding hydrogens is 92.1 g/mol. The van der Waals surface area contributed by atoms with Gasteiger partial charge in [0.2, 0.25) is 0 Å². The molecule has 0 saturated carbocycles. The van der Waals surface area contributed by atoms with E-state index in [0.717, 1.165) is 0 Å². The number of hydrogen-bond donors (Lipinski definition) is 0. The van der Waals surface area contributed by atoms with Gasteiger partial charge in [-0.3, -0.25) is 0 Å². The van der Waals surface area contributed by atoms with E-state index in [1.54, 1.807) is 0 Å². The predicted octanol–water partition coefficient (Wildman–Crippen LogP) is 1.68. The van der Waals surface area contributed by atoms with Crippen LogP contribution in [0.2, 0.25) is 0 Å². The van der Waals surface area contributed by atoms with Crippen LogP contribution in [0.15, 0.2) is 12.7 Å². The Balaban J connectivity index is 2.47. The Bertz CT molecular complexity index is 72.0. The highest BCUT2D eigenvalue weighted by Crippen LogP contribution is 2.44. The summed E-state index contributed by atoms with van der Waals surface area (Å²) in [7, 11) is 0. The highest BCUT2D eigenvalue weighted by Gasteiger charge is 2.34. The van der Waals surface area contributed by atoms with Gasteiger partial charge in [-0.25, -0.2) is 0 Å². The van der Waals surface area contributed by atoms with E-state index in [4.69, 9.17) is 0 Å². The summed E-state index contributed by atoms with van der Waals surface area (Å²) in [6.07, 6.45) is 2.01. The minimum Gasteiger partial charge on any atom is -0.149 e. The summed E-state index contributed by atoms with van der Waals surface area (Å²) in [6.45, 7) is 5.87. The first-order valence-corrected chi connectivity index (χ1v) is 3.03. The molecule has 0 aliphatic carbocycles. The third-order valence-electron chi connectivity index (χ3n) is 1.03. The van der Waals surface area contributed by atoms with Gasteiger partial charge in [0.15, 0.2) is 0 Å². The fourth-order valence-electron chi connectivity index (χ4n) is 0.232. The molecule has 1 rings (SSSR count). The molecule has 1 aliphatic heterocycles. The Morgan fingerprint density at radius 3 is 2.50 bits per heavy atom. The van der Waals surface area contributed by atoms with E-state index < -0.39 is 0 Å². The van der Waals surface area contributed by atoms with Crippen LogP contribution in [0.25, 0.3) is 0 Å². The third-order valence-corrected chi connectivity index (χ3v) is 2.40. The second kappa shape index (κ2) is 1.03. The zero-order valence-electron chi connectivity index (χ0n) is 3.90. The SMILES string of the molecule is C=CC1(C)CS1. The van der Waals surface area contributed by atoms with Crippen LogP contribution in [-0.2, 0) is 0 Å². The maximum atomic E-state index is 3.67. The van der Waals surface area contributed by atoms with Crippen molar-refractivity contribution in [3.05, 3.63) is 12.7 Å². The van der Waals surface area contributed by atoms with Crippen molar-refractivity contribution in [3.63, 3.8) is 0 Å². The van der Waals surface area contributed by atoms with Crippen LogP contribution in [0.4, 0.5) is 0 Å². The van der Waals surface area contributed by atoms with Crippen molar-refractivity contribution in [3.8, 4) is 0 Å². The van der Waals surface area contributed by atoms with Crippen molar-refractivity contribution in [2.75, 3.05) is 5.75 Å². The Morgan fingerprint density at radius 2 is 2.50 bits per heavy atom.